The standard InChI is InChI=1S/C10H18N4OS/c1-3-4-5-6-7-14-10(11-13-15)16-8-9(2)12-14/h3-8H2,1-2H3/b11-10-. The van der Waals surface area contributed by atoms with Gasteiger partial charge in [-0.25, -0.2) is 5.01 Å². The second kappa shape index (κ2) is 7.38. The van der Waals surface area contributed by atoms with Gasteiger partial charge in [-0.15, -0.1) is 4.91 Å². The number of hydrogen-bond acceptors (Lipinski definition) is 4. The Kier molecular flexibility index (Phi) is 6.07. The molecule has 0 fully saturated rings. The molecule has 0 bridgehead atoms. The number of rotatable bonds is 6. The summed E-state index contributed by atoms with van der Waals surface area (Å²) in [7, 11) is 0. The molecular formula is C10H18N4OS. The van der Waals surface area contributed by atoms with E-state index >= 15 is 0 Å². The minimum atomic E-state index is 0.622. The molecule has 0 aromatic rings. The minimum absolute atomic E-state index is 0.622. The molecule has 0 unspecified atom stereocenters. The van der Waals surface area contributed by atoms with Crippen LogP contribution >= 0.6 is 11.8 Å². The molecule has 0 saturated heterocycles. The van der Waals surface area contributed by atoms with E-state index in [0.717, 1.165) is 24.4 Å². The first kappa shape index (κ1) is 13.2. The Labute approximate surface area is 100 Å². The molecule has 1 rings (SSSR count). The Hall–Kier alpha value is -0.910. The summed E-state index contributed by atoms with van der Waals surface area (Å²) < 4.78 is 0. The lowest BCUT2D eigenvalue weighted by Gasteiger charge is -2.23. The molecule has 1 heterocycles. The van der Waals surface area contributed by atoms with E-state index in [9.17, 15) is 4.91 Å². The number of amidine groups is 1. The van der Waals surface area contributed by atoms with E-state index in [0.29, 0.717) is 5.17 Å². The number of nitrogens with zero attached hydrogens (tertiary/aromatic N) is 4. The van der Waals surface area contributed by atoms with Gasteiger partial charge in [-0.2, -0.15) is 5.10 Å². The molecule has 0 aromatic carbocycles. The third kappa shape index (κ3) is 4.30. The molecule has 1 aliphatic rings. The van der Waals surface area contributed by atoms with Crippen LogP contribution in [0.4, 0.5) is 0 Å². The number of nitroso groups, excluding NO2 is 1. The summed E-state index contributed by atoms with van der Waals surface area (Å²) >= 11 is 1.52. The second-order valence-corrected chi connectivity index (χ2v) is 4.71. The third-order valence-electron chi connectivity index (χ3n) is 2.27. The highest BCUT2D eigenvalue weighted by Gasteiger charge is 2.17. The van der Waals surface area contributed by atoms with Crippen LogP contribution in [0.2, 0.25) is 0 Å². The van der Waals surface area contributed by atoms with Crippen LogP contribution in [0, 0.1) is 4.91 Å². The summed E-state index contributed by atoms with van der Waals surface area (Å²) in [5, 5.41) is 12.9. The van der Waals surface area contributed by atoms with E-state index in [-0.39, 0.29) is 0 Å². The first-order chi connectivity index (χ1) is 7.77. The Bertz CT molecular complexity index is 291. The fraction of sp³-hybridized carbons (Fsp3) is 0.800. The van der Waals surface area contributed by atoms with E-state index in [1.165, 1.54) is 31.0 Å². The molecule has 0 atom stereocenters. The number of unbranched alkanes of at least 4 members (excludes halogenated alkanes) is 3. The molecule has 5 nitrogen and oxygen atoms in total. The lowest BCUT2D eigenvalue weighted by Crippen LogP contribution is -2.30. The molecule has 0 N–H and O–H groups in total. The van der Waals surface area contributed by atoms with Crippen LogP contribution in [0.25, 0.3) is 0 Å². The third-order valence-corrected chi connectivity index (χ3v) is 3.38. The summed E-state index contributed by atoms with van der Waals surface area (Å²) in [6.07, 6.45) is 4.72. The zero-order valence-electron chi connectivity index (χ0n) is 9.85. The summed E-state index contributed by atoms with van der Waals surface area (Å²) in [5.41, 5.74) is 1.06. The first-order valence-corrected chi connectivity index (χ1v) is 6.61. The van der Waals surface area contributed by atoms with Gasteiger partial charge in [0.1, 0.15) is 0 Å². The fourth-order valence-corrected chi connectivity index (χ4v) is 2.24. The van der Waals surface area contributed by atoms with Crippen LogP contribution in [0.3, 0.4) is 0 Å². The molecule has 0 radical (unpaired) electrons. The summed E-state index contributed by atoms with van der Waals surface area (Å²) in [6.45, 7) is 4.98. The van der Waals surface area contributed by atoms with Gasteiger partial charge in [-0.1, -0.05) is 43.0 Å². The SMILES string of the molecule is CCCCCCN1N=C(C)CS/C1=N\N=O. The lowest BCUT2D eigenvalue weighted by atomic mass is 10.2. The maximum absolute atomic E-state index is 10.2. The second-order valence-electron chi connectivity index (χ2n) is 3.77. The number of thioether (sulfide) groups is 1. The lowest BCUT2D eigenvalue weighted by molar-refractivity contribution is 0.427. The normalized spacial score (nSPS) is 18.8. The molecule has 0 saturated carbocycles. The maximum atomic E-state index is 10.2. The number of hydrazone groups is 1. The van der Waals surface area contributed by atoms with Crippen LogP contribution in [0.1, 0.15) is 39.5 Å². The van der Waals surface area contributed by atoms with Crippen molar-refractivity contribution in [3.63, 3.8) is 0 Å². The van der Waals surface area contributed by atoms with Gasteiger partial charge in [0.05, 0.1) is 5.29 Å². The minimum Gasteiger partial charge on any atom is -0.241 e. The largest absolute Gasteiger partial charge is 0.241 e. The van der Waals surface area contributed by atoms with Gasteiger partial charge in [-0.3, -0.25) is 0 Å². The monoisotopic (exact) mass is 242 g/mol. The average molecular weight is 242 g/mol. The van der Waals surface area contributed by atoms with Crippen LogP contribution in [-0.2, 0) is 0 Å². The van der Waals surface area contributed by atoms with E-state index < -0.39 is 0 Å². The van der Waals surface area contributed by atoms with Crippen molar-refractivity contribution < 1.29 is 0 Å². The molecule has 0 spiro atoms. The van der Waals surface area contributed by atoms with Gasteiger partial charge in [0.2, 0.25) is 5.17 Å². The van der Waals surface area contributed by atoms with Gasteiger partial charge < -0.3 is 0 Å². The zero-order valence-corrected chi connectivity index (χ0v) is 10.7. The van der Waals surface area contributed by atoms with Crippen molar-refractivity contribution in [1.82, 2.24) is 5.01 Å². The molecule has 16 heavy (non-hydrogen) atoms. The van der Waals surface area contributed by atoms with E-state index in [2.05, 4.69) is 22.4 Å². The topological polar surface area (TPSA) is 57.4 Å². The highest BCUT2D eigenvalue weighted by atomic mass is 32.2. The highest BCUT2D eigenvalue weighted by molar-refractivity contribution is 8.14. The maximum Gasteiger partial charge on any atom is 0.209 e. The molecule has 0 aliphatic carbocycles. The van der Waals surface area contributed by atoms with E-state index in [1.807, 2.05) is 6.92 Å². The zero-order chi connectivity index (χ0) is 11.8. The van der Waals surface area contributed by atoms with Gasteiger partial charge in [0.15, 0.2) is 0 Å². The number of hydrogen-bond donors (Lipinski definition) is 0. The molecule has 90 valence electrons. The van der Waals surface area contributed by atoms with Gasteiger partial charge in [0.25, 0.3) is 0 Å². The van der Waals surface area contributed by atoms with Crippen molar-refractivity contribution in [1.29, 1.82) is 0 Å². The van der Waals surface area contributed by atoms with E-state index in [1.54, 1.807) is 5.01 Å². The summed E-state index contributed by atoms with van der Waals surface area (Å²) in [5.74, 6) is 0.791. The van der Waals surface area contributed by atoms with Crippen molar-refractivity contribution in [2.75, 3.05) is 12.3 Å². The van der Waals surface area contributed by atoms with E-state index in [4.69, 9.17) is 0 Å². The predicted molar refractivity (Wildman–Crippen MR) is 69.6 cm³/mol. The predicted octanol–water partition coefficient (Wildman–Crippen LogP) is 3.03. The smallest absolute Gasteiger partial charge is 0.209 e. The Balaban J connectivity index is 2.48. The van der Waals surface area contributed by atoms with Crippen molar-refractivity contribution in [3.05, 3.63) is 4.91 Å². The molecular weight excluding hydrogens is 224 g/mol. The van der Waals surface area contributed by atoms with Gasteiger partial charge in [-0.05, 0) is 13.3 Å². The van der Waals surface area contributed by atoms with Crippen molar-refractivity contribution in [2.45, 2.75) is 39.5 Å². The molecule has 0 amide bonds. The van der Waals surface area contributed by atoms with Gasteiger partial charge in [0, 0.05) is 18.0 Å². The Morgan fingerprint density at radius 3 is 2.94 bits per heavy atom. The quantitative estimate of drug-likeness (QED) is 0.408. The van der Waals surface area contributed by atoms with Crippen molar-refractivity contribution in [2.24, 2.45) is 15.5 Å². The van der Waals surface area contributed by atoms with Crippen LogP contribution in [0.15, 0.2) is 15.5 Å². The fourth-order valence-electron chi connectivity index (χ4n) is 1.47. The van der Waals surface area contributed by atoms with Crippen LogP contribution in [0.5, 0.6) is 0 Å². The van der Waals surface area contributed by atoms with Crippen molar-refractivity contribution >= 4 is 22.6 Å². The average Bonchev–Trinajstić information content (AvgIpc) is 2.28. The molecule has 0 aromatic heterocycles. The Morgan fingerprint density at radius 2 is 2.25 bits per heavy atom. The molecule has 6 heteroatoms. The highest BCUT2D eigenvalue weighted by Crippen LogP contribution is 2.17. The Morgan fingerprint density at radius 1 is 1.44 bits per heavy atom. The molecule has 1 aliphatic heterocycles. The van der Waals surface area contributed by atoms with Crippen LogP contribution < -0.4 is 0 Å². The van der Waals surface area contributed by atoms with Gasteiger partial charge >= 0.3 is 0 Å². The summed E-state index contributed by atoms with van der Waals surface area (Å²) in [4.78, 5) is 10.2. The first-order valence-electron chi connectivity index (χ1n) is 5.62. The summed E-state index contributed by atoms with van der Waals surface area (Å²) in [6, 6.07) is 0. The van der Waals surface area contributed by atoms with Crippen molar-refractivity contribution in [3.8, 4) is 0 Å². The van der Waals surface area contributed by atoms with Crippen LogP contribution in [-0.4, -0.2) is 28.2 Å².